The second-order valence-corrected chi connectivity index (χ2v) is 6.71. The fourth-order valence-corrected chi connectivity index (χ4v) is 3.78. The first-order valence-electron chi connectivity index (χ1n) is 6.30. The number of ether oxygens (including phenoxy) is 1. The molecule has 0 N–H and O–H groups in total. The number of furan rings is 1. The molecule has 19 heavy (non-hydrogen) atoms. The van der Waals surface area contributed by atoms with Crippen LogP contribution >= 0.6 is 38.5 Å². The topological polar surface area (TPSA) is 22.4 Å². The van der Waals surface area contributed by atoms with E-state index < -0.39 is 0 Å². The summed E-state index contributed by atoms with van der Waals surface area (Å²) in [5.74, 6) is 2.00. The molecule has 4 heteroatoms. The number of methoxy groups -OCH3 is 1. The van der Waals surface area contributed by atoms with Crippen molar-refractivity contribution < 1.29 is 9.15 Å². The zero-order chi connectivity index (χ0) is 13.4. The number of halogens is 2. The van der Waals surface area contributed by atoms with Gasteiger partial charge in [-0.3, -0.25) is 0 Å². The van der Waals surface area contributed by atoms with E-state index >= 15 is 0 Å². The summed E-state index contributed by atoms with van der Waals surface area (Å²) in [6.45, 7) is 0. The fraction of sp³-hybridized carbons (Fsp3) is 0.333. The van der Waals surface area contributed by atoms with Gasteiger partial charge in [0.25, 0.3) is 0 Å². The molecular weight excluding hydrogens is 419 g/mol. The summed E-state index contributed by atoms with van der Waals surface area (Å²) in [6, 6.07) is 8.25. The Labute approximate surface area is 134 Å². The van der Waals surface area contributed by atoms with E-state index in [4.69, 9.17) is 9.15 Å². The third-order valence-corrected chi connectivity index (χ3v) is 5.22. The zero-order valence-corrected chi connectivity index (χ0v) is 14.3. The summed E-state index contributed by atoms with van der Waals surface area (Å²) < 4.78 is 14.0. The van der Waals surface area contributed by atoms with Crippen molar-refractivity contribution >= 4 is 38.5 Å². The minimum absolute atomic E-state index is 0.112. The molecule has 1 aliphatic rings. The lowest BCUT2D eigenvalue weighted by Crippen LogP contribution is -2.09. The Morgan fingerprint density at radius 2 is 2.05 bits per heavy atom. The molecule has 1 heterocycles. The molecule has 2 nitrogen and oxygen atoms in total. The molecule has 1 atom stereocenters. The summed E-state index contributed by atoms with van der Waals surface area (Å²) in [4.78, 5) is 0. The Hall–Kier alpha value is -0.330. The van der Waals surface area contributed by atoms with Gasteiger partial charge in [0.15, 0.2) is 0 Å². The lowest BCUT2D eigenvalue weighted by molar-refractivity contribution is 0.0691. The third kappa shape index (κ3) is 2.50. The van der Waals surface area contributed by atoms with Gasteiger partial charge in [-0.05, 0) is 54.0 Å². The Balaban J connectivity index is 2.08. The number of rotatable bonds is 2. The molecule has 0 saturated heterocycles. The largest absolute Gasteiger partial charge is 0.457 e. The predicted molar refractivity (Wildman–Crippen MR) is 87.2 cm³/mol. The Morgan fingerprint density at radius 1 is 1.32 bits per heavy atom. The molecule has 100 valence electrons. The van der Waals surface area contributed by atoms with E-state index in [1.807, 2.05) is 12.1 Å². The molecule has 2 aromatic rings. The van der Waals surface area contributed by atoms with Gasteiger partial charge in [-0.25, -0.2) is 0 Å². The smallest absolute Gasteiger partial charge is 0.148 e. The van der Waals surface area contributed by atoms with Gasteiger partial charge in [-0.1, -0.05) is 28.1 Å². The molecule has 0 amide bonds. The molecule has 0 radical (unpaired) electrons. The van der Waals surface area contributed by atoms with Crippen molar-refractivity contribution in [1.82, 2.24) is 0 Å². The predicted octanol–water partition coefficient (Wildman–Crippen LogP) is 5.34. The summed E-state index contributed by atoms with van der Waals surface area (Å²) >= 11 is 5.86. The zero-order valence-electron chi connectivity index (χ0n) is 10.6. The highest BCUT2D eigenvalue weighted by atomic mass is 127. The number of hydrogen-bond acceptors (Lipinski definition) is 2. The van der Waals surface area contributed by atoms with E-state index in [9.17, 15) is 0 Å². The average Bonchev–Trinajstić information content (AvgIpc) is 2.77. The maximum absolute atomic E-state index is 6.12. The second kappa shape index (κ2) is 5.58. The van der Waals surface area contributed by atoms with E-state index in [1.54, 1.807) is 7.11 Å². The molecule has 1 aliphatic carbocycles. The average molecular weight is 433 g/mol. The van der Waals surface area contributed by atoms with Crippen LogP contribution in [0.15, 0.2) is 33.2 Å². The number of benzene rings is 1. The molecule has 1 unspecified atom stereocenters. The van der Waals surface area contributed by atoms with Crippen molar-refractivity contribution in [2.75, 3.05) is 7.11 Å². The molecule has 0 spiro atoms. The van der Waals surface area contributed by atoms with Crippen LogP contribution in [0.3, 0.4) is 0 Å². The Morgan fingerprint density at radius 3 is 2.74 bits per heavy atom. The van der Waals surface area contributed by atoms with Crippen molar-refractivity contribution in [2.45, 2.75) is 25.4 Å². The lowest BCUT2D eigenvalue weighted by atomic mass is 9.96. The SMILES string of the molecule is COC1CCCc2c1oc(-c1ccc(Br)cc1)c2I. The minimum Gasteiger partial charge on any atom is -0.457 e. The normalized spacial score (nSPS) is 18.4. The maximum Gasteiger partial charge on any atom is 0.148 e. The van der Waals surface area contributed by atoms with Crippen LogP contribution in [0.1, 0.15) is 30.3 Å². The second-order valence-electron chi connectivity index (χ2n) is 4.71. The quantitative estimate of drug-likeness (QED) is 0.598. The van der Waals surface area contributed by atoms with Crippen molar-refractivity contribution in [3.63, 3.8) is 0 Å². The highest BCUT2D eigenvalue weighted by Gasteiger charge is 2.28. The van der Waals surface area contributed by atoms with Crippen molar-refractivity contribution in [1.29, 1.82) is 0 Å². The van der Waals surface area contributed by atoms with Crippen LogP contribution in [0, 0.1) is 3.57 Å². The fourth-order valence-electron chi connectivity index (χ4n) is 2.56. The van der Waals surface area contributed by atoms with Gasteiger partial charge >= 0.3 is 0 Å². The number of hydrogen-bond donors (Lipinski definition) is 0. The molecule has 1 aromatic carbocycles. The summed E-state index contributed by atoms with van der Waals surface area (Å²) in [6.07, 6.45) is 3.42. The summed E-state index contributed by atoms with van der Waals surface area (Å²) in [5, 5.41) is 0. The highest BCUT2D eigenvalue weighted by Crippen LogP contribution is 2.41. The minimum atomic E-state index is 0.112. The summed E-state index contributed by atoms with van der Waals surface area (Å²) in [5.41, 5.74) is 2.45. The molecule has 0 fully saturated rings. The van der Waals surface area contributed by atoms with Crippen LogP contribution in [0.5, 0.6) is 0 Å². The van der Waals surface area contributed by atoms with E-state index in [2.05, 4.69) is 50.7 Å². The van der Waals surface area contributed by atoms with Crippen LogP contribution in [0.4, 0.5) is 0 Å². The molecule has 1 aromatic heterocycles. The van der Waals surface area contributed by atoms with Crippen molar-refractivity contribution in [3.05, 3.63) is 43.6 Å². The van der Waals surface area contributed by atoms with Crippen molar-refractivity contribution in [2.24, 2.45) is 0 Å². The molecule has 3 rings (SSSR count). The van der Waals surface area contributed by atoms with Gasteiger partial charge in [-0.2, -0.15) is 0 Å². The van der Waals surface area contributed by atoms with Crippen LogP contribution < -0.4 is 0 Å². The van der Waals surface area contributed by atoms with Crippen LogP contribution in [0.25, 0.3) is 11.3 Å². The first-order chi connectivity index (χ1) is 9.20. The van der Waals surface area contributed by atoms with E-state index in [1.165, 1.54) is 15.6 Å². The van der Waals surface area contributed by atoms with Gasteiger partial charge in [-0.15, -0.1) is 0 Å². The van der Waals surface area contributed by atoms with E-state index in [-0.39, 0.29) is 6.10 Å². The van der Waals surface area contributed by atoms with E-state index in [0.29, 0.717) is 0 Å². The van der Waals surface area contributed by atoms with E-state index in [0.717, 1.165) is 34.4 Å². The van der Waals surface area contributed by atoms with Gasteiger partial charge in [0, 0.05) is 22.7 Å². The van der Waals surface area contributed by atoms with Crippen LogP contribution in [0.2, 0.25) is 0 Å². The highest BCUT2D eigenvalue weighted by molar-refractivity contribution is 14.1. The molecule has 0 saturated carbocycles. The standard InChI is InChI=1S/C15H14BrIO2/c1-18-12-4-2-3-11-13(17)14(19-15(11)12)9-5-7-10(16)8-6-9/h5-8,12H,2-4H2,1H3. The van der Waals surface area contributed by atoms with Gasteiger partial charge < -0.3 is 9.15 Å². The lowest BCUT2D eigenvalue weighted by Gasteiger charge is -2.19. The maximum atomic E-state index is 6.12. The molecule has 0 aliphatic heterocycles. The van der Waals surface area contributed by atoms with Gasteiger partial charge in [0.1, 0.15) is 17.6 Å². The first kappa shape index (κ1) is 13.6. The first-order valence-corrected chi connectivity index (χ1v) is 8.17. The third-order valence-electron chi connectivity index (χ3n) is 3.55. The Bertz CT molecular complexity index is 589. The number of fused-ring (bicyclic) bond motifs is 1. The van der Waals surface area contributed by atoms with Crippen LogP contribution in [-0.4, -0.2) is 7.11 Å². The van der Waals surface area contributed by atoms with Gasteiger partial charge in [0.05, 0.1) is 3.57 Å². The Kier molecular flexibility index (Phi) is 4.01. The van der Waals surface area contributed by atoms with Crippen molar-refractivity contribution in [3.8, 4) is 11.3 Å². The van der Waals surface area contributed by atoms with Crippen LogP contribution in [-0.2, 0) is 11.2 Å². The monoisotopic (exact) mass is 432 g/mol. The molecule has 0 bridgehead atoms. The molecular formula is C15H14BrIO2. The summed E-state index contributed by atoms with van der Waals surface area (Å²) in [7, 11) is 1.76. The van der Waals surface area contributed by atoms with Gasteiger partial charge in [0.2, 0.25) is 0 Å².